The lowest BCUT2D eigenvalue weighted by molar-refractivity contribution is -0.137. The van der Waals surface area contributed by atoms with Crippen molar-refractivity contribution in [3.63, 3.8) is 0 Å². The lowest BCUT2D eigenvalue weighted by Gasteiger charge is -2.09. The Morgan fingerprint density at radius 3 is 2.06 bits per heavy atom. The van der Waals surface area contributed by atoms with Crippen LogP contribution in [-0.2, 0) is 25.7 Å². The Balaban J connectivity index is 1.50. The molecule has 0 heterocycles. The van der Waals surface area contributed by atoms with E-state index < -0.39 is 11.7 Å². The largest absolute Gasteiger partial charge is 0.416 e. The van der Waals surface area contributed by atoms with Crippen molar-refractivity contribution in [1.29, 1.82) is 0 Å². The smallest absolute Gasteiger partial charge is 0.309 e. The molecule has 0 spiro atoms. The molecule has 0 bridgehead atoms. The monoisotopic (exact) mass is 449 g/mol. The molecule has 0 atom stereocenters. The lowest BCUT2D eigenvalue weighted by Crippen LogP contribution is -2.13. The van der Waals surface area contributed by atoms with Gasteiger partial charge in [-0.2, -0.15) is 13.2 Å². The van der Waals surface area contributed by atoms with E-state index in [1.165, 1.54) is 43.4 Å². The Hall–Kier alpha value is -3.03. The molecule has 0 aliphatic carbocycles. The average Bonchev–Trinajstić information content (AvgIpc) is 2.81. The minimum Gasteiger partial charge on any atom is -0.309 e. The summed E-state index contributed by atoms with van der Waals surface area (Å²) in [5.41, 5.74) is 4.56. The molecule has 1 N–H and O–H groups in total. The van der Waals surface area contributed by atoms with E-state index in [4.69, 9.17) is 0 Å². The van der Waals surface area contributed by atoms with Crippen LogP contribution in [0.4, 0.5) is 13.2 Å². The Morgan fingerprint density at radius 1 is 0.697 bits per heavy atom. The van der Waals surface area contributed by atoms with E-state index in [-0.39, 0.29) is 0 Å². The fourth-order valence-electron chi connectivity index (χ4n) is 3.58. The minimum absolute atomic E-state index is 0.499. The zero-order valence-electron chi connectivity index (χ0n) is 19.0. The number of nitrogens with one attached hydrogen (secondary N) is 1. The van der Waals surface area contributed by atoms with E-state index in [1.807, 2.05) is 24.3 Å². The summed E-state index contributed by atoms with van der Waals surface area (Å²) < 4.78 is 38.0. The molecule has 0 saturated heterocycles. The third-order valence-corrected chi connectivity index (χ3v) is 5.49. The summed E-state index contributed by atoms with van der Waals surface area (Å²) in [6.45, 7) is 3.34. The van der Waals surface area contributed by atoms with Crippen LogP contribution in [-0.4, -0.2) is 0 Å². The van der Waals surface area contributed by atoms with E-state index in [0.29, 0.717) is 13.1 Å². The number of rotatable bonds is 9. The van der Waals surface area contributed by atoms with E-state index in [9.17, 15) is 13.2 Å². The van der Waals surface area contributed by atoms with E-state index in [2.05, 4.69) is 48.3 Å². The molecule has 0 fully saturated rings. The number of alkyl halides is 3. The van der Waals surface area contributed by atoms with Crippen molar-refractivity contribution in [2.24, 2.45) is 0 Å². The van der Waals surface area contributed by atoms with Crippen molar-refractivity contribution in [2.45, 2.75) is 58.3 Å². The zero-order chi connectivity index (χ0) is 23.5. The van der Waals surface area contributed by atoms with Gasteiger partial charge in [-0.25, -0.2) is 0 Å². The van der Waals surface area contributed by atoms with Gasteiger partial charge in [0, 0.05) is 24.2 Å². The van der Waals surface area contributed by atoms with Crippen LogP contribution < -0.4 is 5.32 Å². The fourth-order valence-corrected chi connectivity index (χ4v) is 3.58. The van der Waals surface area contributed by atoms with E-state index >= 15 is 0 Å². The highest BCUT2D eigenvalue weighted by molar-refractivity contribution is 5.44. The topological polar surface area (TPSA) is 12.0 Å². The van der Waals surface area contributed by atoms with Gasteiger partial charge in [0.15, 0.2) is 0 Å². The molecule has 3 aromatic rings. The Labute approximate surface area is 195 Å². The number of halogens is 3. The van der Waals surface area contributed by atoms with Crippen molar-refractivity contribution < 1.29 is 13.2 Å². The fraction of sp³-hybridized carbons (Fsp3) is 0.310. The minimum atomic E-state index is -4.30. The lowest BCUT2D eigenvalue weighted by atomic mass is 10.0. The predicted octanol–water partition coefficient (Wildman–Crippen LogP) is 7.52. The van der Waals surface area contributed by atoms with Gasteiger partial charge in [0.2, 0.25) is 0 Å². The molecule has 172 valence electrons. The van der Waals surface area contributed by atoms with Gasteiger partial charge in [-0.15, -0.1) is 0 Å². The molecular weight excluding hydrogens is 419 g/mol. The summed E-state index contributed by atoms with van der Waals surface area (Å²) in [5.74, 6) is 6.45. The van der Waals surface area contributed by atoms with Gasteiger partial charge in [0.1, 0.15) is 0 Å². The third kappa shape index (κ3) is 8.44. The first-order valence-electron chi connectivity index (χ1n) is 11.5. The van der Waals surface area contributed by atoms with Crippen molar-refractivity contribution in [3.8, 4) is 11.8 Å². The average molecular weight is 450 g/mol. The van der Waals surface area contributed by atoms with Crippen LogP contribution in [0, 0.1) is 11.8 Å². The highest BCUT2D eigenvalue weighted by Gasteiger charge is 2.29. The molecular formula is C29H30F3N. The molecule has 33 heavy (non-hydrogen) atoms. The van der Waals surface area contributed by atoms with Crippen LogP contribution >= 0.6 is 0 Å². The van der Waals surface area contributed by atoms with E-state index in [0.717, 1.165) is 40.8 Å². The molecule has 3 rings (SSSR count). The van der Waals surface area contributed by atoms with Crippen LogP contribution in [0.15, 0.2) is 72.8 Å². The summed E-state index contributed by atoms with van der Waals surface area (Å²) in [4.78, 5) is 0. The summed E-state index contributed by atoms with van der Waals surface area (Å²) >= 11 is 0. The molecule has 0 aliphatic heterocycles. The second-order valence-corrected chi connectivity index (χ2v) is 8.26. The molecule has 1 nitrogen and oxygen atoms in total. The number of aryl methyl sites for hydroxylation is 1. The number of unbranched alkanes of at least 4 members (excludes halogenated alkanes) is 3. The Bertz CT molecular complexity index is 1060. The van der Waals surface area contributed by atoms with Crippen LogP contribution in [0.3, 0.4) is 0 Å². The van der Waals surface area contributed by atoms with Crippen LogP contribution in [0.2, 0.25) is 0 Å². The molecule has 4 heteroatoms. The maximum absolute atomic E-state index is 12.7. The van der Waals surface area contributed by atoms with Gasteiger partial charge in [-0.1, -0.05) is 74.4 Å². The molecule has 0 amide bonds. The van der Waals surface area contributed by atoms with Gasteiger partial charge in [0.05, 0.1) is 5.56 Å². The molecule has 3 aromatic carbocycles. The summed E-state index contributed by atoms with van der Waals surface area (Å²) in [5, 5.41) is 3.28. The first-order valence-corrected chi connectivity index (χ1v) is 11.5. The molecule has 0 aromatic heterocycles. The third-order valence-electron chi connectivity index (χ3n) is 5.49. The van der Waals surface area contributed by atoms with Gasteiger partial charge in [-0.3, -0.25) is 0 Å². The van der Waals surface area contributed by atoms with Crippen molar-refractivity contribution in [1.82, 2.24) is 5.32 Å². The SMILES string of the molecule is CCCCCCc1ccc(C#Cc2cccc(CNCc3ccc(C(F)(F)F)cc3)c2)cc1. The number of benzene rings is 3. The van der Waals surface area contributed by atoms with Crippen molar-refractivity contribution in [3.05, 3.63) is 106 Å². The molecule has 0 unspecified atom stereocenters. The summed E-state index contributed by atoms with van der Waals surface area (Å²) in [6, 6.07) is 21.7. The van der Waals surface area contributed by atoms with E-state index in [1.54, 1.807) is 0 Å². The number of hydrogen-bond donors (Lipinski definition) is 1. The first-order chi connectivity index (χ1) is 15.9. The van der Waals surface area contributed by atoms with Crippen LogP contribution in [0.5, 0.6) is 0 Å². The van der Waals surface area contributed by atoms with Crippen LogP contribution in [0.1, 0.15) is 66.0 Å². The van der Waals surface area contributed by atoms with Crippen LogP contribution in [0.25, 0.3) is 0 Å². The number of hydrogen-bond acceptors (Lipinski definition) is 1. The quantitative estimate of drug-likeness (QED) is 0.263. The standard InChI is InChI=1S/C29H30F3N/c1-2-3-4-5-7-23-10-12-24(13-11-23)14-15-25-8-6-9-27(20-25)22-33-21-26-16-18-28(19-17-26)29(30,31)32/h6,8-13,16-20,33H,2-5,7,21-22H2,1H3. The predicted molar refractivity (Wildman–Crippen MR) is 129 cm³/mol. The molecule has 0 aliphatic rings. The highest BCUT2D eigenvalue weighted by atomic mass is 19.4. The normalized spacial score (nSPS) is 11.2. The zero-order valence-corrected chi connectivity index (χ0v) is 19.0. The molecule has 0 radical (unpaired) electrons. The van der Waals surface area contributed by atoms with Gasteiger partial charge in [0.25, 0.3) is 0 Å². The van der Waals surface area contributed by atoms with Crippen molar-refractivity contribution in [2.75, 3.05) is 0 Å². The maximum atomic E-state index is 12.7. The second kappa shape index (κ2) is 12.3. The summed E-state index contributed by atoms with van der Waals surface area (Å²) in [6.07, 6.45) is 1.89. The summed E-state index contributed by atoms with van der Waals surface area (Å²) in [7, 11) is 0. The second-order valence-electron chi connectivity index (χ2n) is 8.26. The van der Waals surface area contributed by atoms with Crippen molar-refractivity contribution >= 4 is 0 Å². The Morgan fingerprint density at radius 2 is 1.36 bits per heavy atom. The highest BCUT2D eigenvalue weighted by Crippen LogP contribution is 2.29. The van der Waals surface area contributed by atoms with Gasteiger partial charge >= 0.3 is 6.18 Å². The molecule has 0 saturated carbocycles. The van der Waals surface area contributed by atoms with Gasteiger partial charge < -0.3 is 5.32 Å². The van der Waals surface area contributed by atoms with Gasteiger partial charge in [-0.05, 0) is 65.9 Å². The Kier molecular flexibility index (Phi) is 9.15. The first kappa shape index (κ1) is 24.6. The maximum Gasteiger partial charge on any atom is 0.416 e.